The van der Waals surface area contributed by atoms with Crippen molar-refractivity contribution < 1.29 is 9.53 Å². The number of rotatable bonds is 4. The van der Waals surface area contributed by atoms with Gasteiger partial charge in [-0.3, -0.25) is 4.79 Å². The first kappa shape index (κ1) is 12.7. The molecular formula is C11H13ClO2. The van der Waals surface area contributed by atoms with Crippen LogP contribution in [0.15, 0.2) is 43.0 Å². The van der Waals surface area contributed by atoms with E-state index in [2.05, 4.69) is 6.58 Å². The van der Waals surface area contributed by atoms with E-state index in [9.17, 15) is 4.79 Å². The highest BCUT2D eigenvalue weighted by Crippen LogP contribution is 2.00. The Morgan fingerprint density at radius 2 is 2.00 bits per heavy atom. The molecule has 0 bridgehead atoms. The molecule has 0 saturated heterocycles. The molecule has 1 aromatic carbocycles. The summed E-state index contributed by atoms with van der Waals surface area (Å²) in [5, 5.41) is 0. The van der Waals surface area contributed by atoms with Crippen LogP contribution in [-0.2, 0) is 16.0 Å². The topological polar surface area (TPSA) is 26.3 Å². The van der Waals surface area contributed by atoms with Gasteiger partial charge in [0.2, 0.25) is 0 Å². The average molecular weight is 213 g/mol. The minimum absolute atomic E-state index is 0. The van der Waals surface area contributed by atoms with E-state index >= 15 is 0 Å². The minimum atomic E-state index is -0.217. The molecule has 1 aromatic rings. The van der Waals surface area contributed by atoms with Crippen molar-refractivity contribution in [2.24, 2.45) is 0 Å². The van der Waals surface area contributed by atoms with Gasteiger partial charge in [-0.1, -0.05) is 43.0 Å². The van der Waals surface area contributed by atoms with Gasteiger partial charge in [0.05, 0.1) is 6.42 Å². The maximum Gasteiger partial charge on any atom is 0.310 e. The van der Waals surface area contributed by atoms with Gasteiger partial charge in [0.15, 0.2) is 0 Å². The van der Waals surface area contributed by atoms with Crippen LogP contribution in [0.25, 0.3) is 0 Å². The van der Waals surface area contributed by atoms with Gasteiger partial charge >= 0.3 is 5.97 Å². The van der Waals surface area contributed by atoms with Crippen LogP contribution >= 0.6 is 12.4 Å². The number of hydrogen-bond acceptors (Lipinski definition) is 2. The quantitative estimate of drug-likeness (QED) is 0.566. The second-order valence-corrected chi connectivity index (χ2v) is 2.63. The molecule has 0 aromatic heterocycles. The van der Waals surface area contributed by atoms with Crippen molar-refractivity contribution in [1.82, 2.24) is 0 Å². The summed E-state index contributed by atoms with van der Waals surface area (Å²) in [6, 6.07) is 9.51. The highest BCUT2D eigenvalue weighted by atomic mass is 35.5. The van der Waals surface area contributed by atoms with Crippen LogP contribution in [0.3, 0.4) is 0 Å². The van der Waals surface area contributed by atoms with Gasteiger partial charge in [-0.2, -0.15) is 0 Å². The Kier molecular flexibility index (Phi) is 6.50. The monoisotopic (exact) mass is 212 g/mol. The number of benzene rings is 1. The molecule has 0 heterocycles. The van der Waals surface area contributed by atoms with E-state index < -0.39 is 0 Å². The van der Waals surface area contributed by atoms with Crippen molar-refractivity contribution in [1.29, 1.82) is 0 Å². The van der Waals surface area contributed by atoms with Gasteiger partial charge in [0.1, 0.15) is 6.61 Å². The van der Waals surface area contributed by atoms with Crippen LogP contribution in [0.2, 0.25) is 0 Å². The Morgan fingerprint density at radius 3 is 2.57 bits per heavy atom. The molecule has 0 amide bonds. The lowest BCUT2D eigenvalue weighted by atomic mass is 10.2. The summed E-state index contributed by atoms with van der Waals surface area (Å²) < 4.78 is 4.84. The number of carbonyl (C=O) groups excluding carboxylic acids is 1. The van der Waals surface area contributed by atoms with E-state index in [1.165, 1.54) is 0 Å². The molecule has 14 heavy (non-hydrogen) atoms. The smallest absolute Gasteiger partial charge is 0.310 e. The molecule has 76 valence electrons. The van der Waals surface area contributed by atoms with Crippen LogP contribution in [0.5, 0.6) is 0 Å². The molecule has 0 saturated carbocycles. The van der Waals surface area contributed by atoms with Crippen LogP contribution in [0, 0.1) is 0 Å². The number of esters is 1. The summed E-state index contributed by atoms with van der Waals surface area (Å²) >= 11 is 0. The summed E-state index contributed by atoms with van der Waals surface area (Å²) in [6.07, 6.45) is 1.89. The first-order chi connectivity index (χ1) is 6.33. The zero-order valence-electron chi connectivity index (χ0n) is 7.81. The van der Waals surface area contributed by atoms with Crippen molar-refractivity contribution >= 4 is 18.4 Å². The lowest BCUT2D eigenvalue weighted by Gasteiger charge is -2.00. The maximum atomic E-state index is 11.1. The summed E-state index contributed by atoms with van der Waals surface area (Å²) in [6.45, 7) is 3.75. The van der Waals surface area contributed by atoms with Crippen LogP contribution in [0.1, 0.15) is 5.56 Å². The number of carbonyl (C=O) groups is 1. The lowest BCUT2D eigenvalue weighted by molar-refractivity contribution is -0.141. The molecule has 1 rings (SSSR count). The molecule has 0 aliphatic rings. The molecule has 3 heteroatoms. The Bertz CT molecular complexity index is 283. The third kappa shape index (κ3) is 4.67. The highest BCUT2D eigenvalue weighted by Gasteiger charge is 2.01. The fourth-order valence-electron chi connectivity index (χ4n) is 0.965. The first-order valence-corrected chi connectivity index (χ1v) is 4.13. The van der Waals surface area contributed by atoms with Gasteiger partial charge in [0, 0.05) is 0 Å². The fraction of sp³-hybridized carbons (Fsp3) is 0.182. The molecule has 0 aliphatic heterocycles. The Labute approximate surface area is 90.0 Å². The molecule has 0 aliphatic carbocycles. The zero-order chi connectivity index (χ0) is 9.52. The van der Waals surface area contributed by atoms with Crippen LogP contribution < -0.4 is 0 Å². The van der Waals surface area contributed by atoms with Gasteiger partial charge in [-0.25, -0.2) is 0 Å². The zero-order valence-corrected chi connectivity index (χ0v) is 8.63. The van der Waals surface area contributed by atoms with E-state index in [-0.39, 0.29) is 25.0 Å². The van der Waals surface area contributed by atoms with E-state index in [0.29, 0.717) is 6.42 Å². The van der Waals surface area contributed by atoms with Crippen molar-refractivity contribution in [3.8, 4) is 0 Å². The predicted octanol–water partition coefficient (Wildman–Crippen LogP) is 2.38. The number of hydrogen-bond donors (Lipinski definition) is 0. The van der Waals surface area contributed by atoms with Gasteiger partial charge < -0.3 is 4.74 Å². The Hall–Kier alpha value is -1.28. The molecular weight excluding hydrogens is 200 g/mol. The average Bonchev–Trinajstić information content (AvgIpc) is 2.16. The molecule has 0 N–H and O–H groups in total. The lowest BCUT2D eigenvalue weighted by Crippen LogP contribution is -2.07. The summed E-state index contributed by atoms with van der Waals surface area (Å²) in [5.41, 5.74) is 0.969. The van der Waals surface area contributed by atoms with E-state index in [1.807, 2.05) is 30.3 Å². The SMILES string of the molecule is C=CCOC(=O)Cc1ccccc1.Cl. The minimum Gasteiger partial charge on any atom is -0.461 e. The summed E-state index contributed by atoms with van der Waals surface area (Å²) in [4.78, 5) is 11.1. The standard InChI is InChI=1S/C11H12O2.ClH/c1-2-8-13-11(12)9-10-6-4-3-5-7-10;/h2-7H,1,8-9H2;1H. The van der Waals surface area contributed by atoms with Gasteiger partial charge in [-0.05, 0) is 5.56 Å². The Morgan fingerprint density at radius 1 is 1.36 bits per heavy atom. The van der Waals surface area contributed by atoms with E-state index in [1.54, 1.807) is 6.08 Å². The van der Waals surface area contributed by atoms with Crippen molar-refractivity contribution in [3.63, 3.8) is 0 Å². The molecule has 0 atom stereocenters. The summed E-state index contributed by atoms with van der Waals surface area (Å²) in [7, 11) is 0. The van der Waals surface area contributed by atoms with Crippen LogP contribution in [-0.4, -0.2) is 12.6 Å². The Balaban J connectivity index is 0.00000169. The number of ether oxygens (including phenoxy) is 1. The third-order valence-corrected chi connectivity index (χ3v) is 1.55. The predicted molar refractivity (Wildman–Crippen MR) is 58.6 cm³/mol. The van der Waals surface area contributed by atoms with Crippen molar-refractivity contribution in [2.45, 2.75) is 6.42 Å². The van der Waals surface area contributed by atoms with E-state index in [4.69, 9.17) is 4.74 Å². The van der Waals surface area contributed by atoms with Crippen molar-refractivity contribution in [3.05, 3.63) is 48.6 Å². The first-order valence-electron chi connectivity index (χ1n) is 4.13. The van der Waals surface area contributed by atoms with Crippen LogP contribution in [0.4, 0.5) is 0 Å². The fourth-order valence-corrected chi connectivity index (χ4v) is 0.965. The second kappa shape index (κ2) is 7.15. The largest absolute Gasteiger partial charge is 0.461 e. The third-order valence-electron chi connectivity index (χ3n) is 1.55. The molecule has 2 nitrogen and oxygen atoms in total. The molecule has 0 unspecified atom stereocenters. The van der Waals surface area contributed by atoms with Crippen molar-refractivity contribution in [2.75, 3.05) is 6.61 Å². The highest BCUT2D eigenvalue weighted by molar-refractivity contribution is 5.85. The normalized spacial score (nSPS) is 8.57. The molecule has 0 spiro atoms. The van der Waals surface area contributed by atoms with E-state index in [0.717, 1.165) is 5.56 Å². The molecule has 0 fully saturated rings. The second-order valence-electron chi connectivity index (χ2n) is 2.63. The maximum absolute atomic E-state index is 11.1. The van der Waals surface area contributed by atoms with Gasteiger partial charge in [-0.15, -0.1) is 12.4 Å². The van der Waals surface area contributed by atoms with Gasteiger partial charge in [0.25, 0.3) is 0 Å². The molecule has 0 radical (unpaired) electrons. The summed E-state index contributed by atoms with van der Waals surface area (Å²) in [5.74, 6) is -0.217. The number of halogens is 1.